The van der Waals surface area contributed by atoms with Crippen LogP contribution in [-0.4, -0.2) is 98.8 Å². The molecule has 2 unspecified atom stereocenters. The molecule has 13 nitrogen and oxygen atoms in total. The summed E-state index contributed by atoms with van der Waals surface area (Å²) in [6, 6.07) is 16.5. The molecule has 12 atom stereocenters. The first-order valence-corrected chi connectivity index (χ1v) is 21.5. The van der Waals surface area contributed by atoms with Crippen LogP contribution in [0.4, 0.5) is 4.79 Å². The molecule has 7 rings (SSSR count). The van der Waals surface area contributed by atoms with Crippen molar-refractivity contribution >= 4 is 24.0 Å². The lowest BCUT2D eigenvalue weighted by molar-refractivity contribution is -0.356. The summed E-state index contributed by atoms with van der Waals surface area (Å²) >= 11 is 0. The molecule has 5 aliphatic rings. The molecular formula is C48H63NO12. The molecular weight excluding hydrogens is 783 g/mol. The minimum Gasteiger partial charge on any atom is -0.456 e. The zero-order chi connectivity index (χ0) is 44.8. The van der Waals surface area contributed by atoms with E-state index in [1.165, 1.54) is 11.8 Å². The lowest BCUT2D eigenvalue weighted by Gasteiger charge is -2.69. The lowest BCUT2D eigenvalue weighted by Crippen LogP contribution is -2.80. The van der Waals surface area contributed by atoms with Crippen LogP contribution in [0.2, 0.25) is 0 Å². The Balaban J connectivity index is 1.37. The van der Waals surface area contributed by atoms with Crippen molar-refractivity contribution in [3.8, 4) is 0 Å². The Morgan fingerprint density at radius 2 is 1.51 bits per heavy atom. The summed E-state index contributed by atoms with van der Waals surface area (Å²) in [5, 5.41) is 26.8. The van der Waals surface area contributed by atoms with E-state index in [0.29, 0.717) is 23.1 Å². The molecule has 0 aromatic heterocycles. The third kappa shape index (κ3) is 7.07. The molecule has 3 aliphatic carbocycles. The van der Waals surface area contributed by atoms with E-state index >= 15 is 0 Å². The van der Waals surface area contributed by atoms with Crippen LogP contribution in [0, 0.1) is 28.6 Å². The van der Waals surface area contributed by atoms with Crippen molar-refractivity contribution in [3.63, 3.8) is 0 Å². The zero-order valence-electron chi connectivity index (χ0n) is 37.5. The van der Waals surface area contributed by atoms with Gasteiger partial charge in [0.1, 0.15) is 41.3 Å². The van der Waals surface area contributed by atoms with Gasteiger partial charge in [-0.3, -0.25) is 9.69 Å². The molecule has 2 aromatic carbocycles. The highest BCUT2D eigenvalue weighted by atomic mass is 16.6. The molecule has 13 heteroatoms. The Hall–Kier alpha value is -4.30. The number of carbonyl (C=O) groups is 4. The SMILES string of the molecule is CC(=O)O[C@@]12CO[C@@H]1C[C@H](C)[C@]1(C)C2C(OC(=O)c2ccccc2)[C@]2(O)C[C@H](OC(=O)[C@@H]3OC(C)(C)N(C(=O)OC(C)(C)C)[C@H]3c3ccccc3)C(C)=C([C@@H](C)[C@@H]1O)C2(C)C. The molecule has 0 radical (unpaired) electrons. The predicted octanol–water partition coefficient (Wildman–Crippen LogP) is 7.09. The minimum atomic E-state index is -2.00. The number of hydrogen-bond donors (Lipinski definition) is 2. The second kappa shape index (κ2) is 15.2. The Labute approximate surface area is 359 Å². The highest BCUT2D eigenvalue weighted by Crippen LogP contribution is 2.67. The molecule has 61 heavy (non-hydrogen) atoms. The standard InChI is InChI=1S/C48H63NO12/c1-26-23-33-47(25-56-33,59-29(4)50)37-39(58-40(52)31-21-17-14-18-22-31)48(55)24-32(27(2)34(44(48,8)9)28(3)38(51)46(26,37)12)57-41(53)36-35(30-19-15-13-16-20-30)49(45(10,11)60-36)42(54)61-43(5,6)7/h13-22,26,28,32-33,35-39,51,55H,23-25H2,1-12H3/t26-,28+,32-,33+,35-,36+,37?,38-,39?,46+,47-,48+/m0/s1. The summed E-state index contributed by atoms with van der Waals surface area (Å²) in [5.41, 5.74) is -5.72. The molecule has 2 bridgehead atoms. The lowest BCUT2D eigenvalue weighted by atomic mass is 9.42. The fourth-order valence-electron chi connectivity index (χ4n) is 11.7. The monoisotopic (exact) mass is 845 g/mol. The van der Waals surface area contributed by atoms with Gasteiger partial charge in [-0.25, -0.2) is 14.4 Å². The molecule has 2 aliphatic heterocycles. The number of hydrogen-bond acceptors (Lipinski definition) is 12. The molecule has 2 aromatic rings. The van der Waals surface area contributed by atoms with E-state index < -0.39 is 106 Å². The molecule has 2 saturated carbocycles. The number of nitrogens with zero attached hydrogens (tertiary/aromatic N) is 1. The van der Waals surface area contributed by atoms with Crippen LogP contribution in [0.25, 0.3) is 0 Å². The van der Waals surface area contributed by atoms with E-state index in [1.807, 2.05) is 47.6 Å². The van der Waals surface area contributed by atoms with Crippen LogP contribution in [0.3, 0.4) is 0 Å². The van der Waals surface area contributed by atoms with Crippen molar-refractivity contribution in [2.45, 2.75) is 155 Å². The number of ether oxygens (including phenoxy) is 6. The number of aliphatic hydroxyl groups excluding tert-OH is 1. The zero-order valence-corrected chi connectivity index (χ0v) is 37.5. The molecule has 2 N–H and O–H groups in total. The van der Waals surface area contributed by atoms with E-state index in [1.54, 1.807) is 89.2 Å². The van der Waals surface area contributed by atoms with E-state index in [2.05, 4.69) is 0 Å². The van der Waals surface area contributed by atoms with Gasteiger partial charge in [0, 0.05) is 30.1 Å². The average Bonchev–Trinajstić information content (AvgIpc) is 3.47. The van der Waals surface area contributed by atoms with Crippen molar-refractivity contribution in [1.82, 2.24) is 4.90 Å². The number of rotatable bonds is 6. The third-order valence-electron chi connectivity index (χ3n) is 14.7. The van der Waals surface area contributed by atoms with Gasteiger partial charge in [0.2, 0.25) is 0 Å². The maximum Gasteiger partial charge on any atom is 0.413 e. The second-order valence-corrected chi connectivity index (χ2v) is 20.2. The van der Waals surface area contributed by atoms with Gasteiger partial charge in [0.15, 0.2) is 11.7 Å². The molecule has 1 amide bonds. The quantitative estimate of drug-likeness (QED) is 0.173. The van der Waals surface area contributed by atoms with Gasteiger partial charge >= 0.3 is 24.0 Å². The van der Waals surface area contributed by atoms with E-state index in [-0.39, 0.29) is 24.5 Å². The van der Waals surface area contributed by atoms with Gasteiger partial charge in [-0.15, -0.1) is 0 Å². The number of aliphatic hydroxyl groups is 2. The summed E-state index contributed by atoms with van der Waals surface area (Å²) in [6.07, 6.45) is -6.05. The molecule has 332 valence electrons. The third-order valence-corrected chi connectivity index (χ3v) is 14.7. The number of carbonyl (C=O) groups excluding carboxylic acids is 4. The van der Waals surface area contributed by atoms with Gasteiger partial charge in [-0.1, -0.05) is 88.7 Å². The van der Waals surface area contributed by atoms with Crippen LogP contribution in [0.1, 0.15) is 118 Å². The number of esters is 3. The number of fused-ring (bicyclic) bond motifs is 5. The van der Waals surface area contributed by atoms with Crippen molar-refractivity contribution in [2.24, 2.45) is 28.6 Å². The smallest absolute Gasteiger partial charge is 0.413 e. The van der Waals surface area contributed by atoms with E-state index in [0.717, 1.165) is 0 Å². The van der Waals surface area contributed by atoms with Crippen molar-refractivity contribution < 1.29 is 57.8 Å². The number of amides is 1. The van der Waals surface area contributed by atoms with E-state index in [9.17, 15) is 29.4 Å². The summed E-state index contributed by atoms with van der Waals surface area (Å²) in [7, 11) is 0. The largest absolute Gasteiger partial charge is 0.456 e. The Morgan fingerprint density at radius 3 is 2.07 bits per heavy atom. The summed E-state index contributed by atoms with van der Waals surface area (Å²) in [4.78, 5) is 57.6. The topological polar surface area (TPSA) is 167 Å². The van der Waals surface area contributed by atoms with Crippen LogP contribution in [0.5, 0.6) is 0 Å². The second-order valence-electron chi connectivity index (χ2n) is 20.2. The van der Waals surface area contributed by atoms with Crippen LogP contribution in [0.15, 0.2) is 71.8 Å². The van der Waals surface area contributed by atoms with Crippen LogP contribution in [-0.2, 0) is 38.0 Å². The fourth-order valence-corrected chi connectivity index (χ4v) is 11.7. The molecule has 2 heterocycles. The van der Waals surface area contributed by atoms with Gasteiger partial charge in [-0.2, -0.15) is 0 Å². The first-order valence-electron chi connectivity index (χ1n) is 21.5. The highest BCUT2D eigenvalue weighted by Gasteiger charge is 2.77. The molecule has 4 fully saturated rings. The van der Waals surface area contributed by atoms with Crippen molar-refractivity contribution in [3.05, 3.63) is 82.9 Å². The number of benzene rings is 2. The first kappa shape index (κ1) is 44.7. The summed E-state index contributed by atoms with van der Waals surface area (Å²) in [5.74, 6) is -3.95. The minimum absolute atomic E-state index is 0.0365. The van der Waals surface area contributed by atoms with Crippen molar-refractivity contribution in [1.29, 1.82) is 0 Å². The summed E-state index contributed by atoms with van der Waals surface area (Å²) in [6.45, 7) is 21.3. The van der Waals surface area contributed by atoms with E-state index in [4.69, 9.17) is 28.4 Å². The van der Waals surface area contributed by atoms with Crippen LogP contribution < -0.4 is 0 Å². The summed E-state index contributed by atoms with van der Waals surface area (Å²) < 4.78 is 37.8. The Bertz CT molecular complexity index is 2080. The van der Waals surface area contributed by atoms with Crippen LogP contribution >= 0.6 is 0 Å². The van der Waals surface area contributed by atoms with Gasteiger partial charge in [0.25, 0.3) is 0 Å². The molecule has 2 saturated heterocycles. The maximum absolute atomic E-state index is 14.9. The highest BCUT2D eigenvalue weighted by molar-refractivity contribution is 5.89. The van der Waals surface area contributed by atoms with Gasteiger partial charge in [0.05, 0.1) is 24.2 Å². The Morgan fingerprint density at radius 1 is 0.902 bits per heavy atom. The Kier molecular flexibility index (Phi) is 11.2. The van der Waals surface area contributed by atoms with Gasteiger partial charge < -0.3 is 38.6 Å². The normalized spacial score (nSPS) is 37.5. The maximum atomic E-state index is 14.9. The fraction of sp³-hybridized carbons (Fsp3) is 0.625. The first-order chi connectivity index (χ1) is 28.3. The van der Waals surface area contributed by atoms with Crippen molar-refractivity contribution in [2.75, 3.05) is 6.61 Å². The van der Waals surface area contributed by atoms with Gasteiger partial charge in [-0.05, 0) is 77.2 Å². The average molecular weight is 846 g/mol. The predicted molar refractivity (Wildman–Crippen MR) is 223 cm³/mol. The molecule has 0 spiro atoms.